The Morgan fingerprint density at radius 2 is 1.11 bits per heavy atom. The van der Waals surface area contributed by atoms with Crippen molar-refractivity contribution in [2.75, 3.05) is 0 Å². The lowest BCUT2D eigenvalue weighted by molar-refractivity contribution is -0.186. The van der Waals surface area contributed by atoms with Gasteiger partial charge in [-0.15, -0.1) is 0 Å². The van der Waals surface area contributed by atoms with Gasteiger partial charge in [-0.25, -0.2) is 0 Å². The van der Waals surface area contributed by atoms with E-state index in [0.717, 1.165) is 12.8 Å². The van der Waals surface area contributed by atoms with Gasteiger partial charge in [-0.3, -0.25) is 4.79 Å². The number of rotatable bonds is 0. The Labute approximate surface area is 111 Å². The third-order valence-corrected chi connectivity index (χ3v) is 4.52. The molecule has 0 bridgehead atoms. The zero-order valence-corrected chi connectivity index (χ0v) is 11.7. The molecule has 2 heteroatoms. The lowest BCUT2D eigenvalue weighted by Gasteiger charge is -2.35. The predicted octanol–water partition coefficient (Wildman–Crippen LogP) is 4.61. The summed E-state index contributed by atoms with van der Waals surface area (Å²) in [4.78, 5) is 11.4. The van der Waals surface area contributed by atoms with Crippen LogP contribution in [0.25, 0.3) is 0 Å². The van der Waals surface area contributed by atoms with Crippen molar-refractivity contribution in [2.24, 2.45) is 5.92 Å². The molecule has 0 unspecified atom stereocenters. The smallest absolute Gasteiger partial charge is 0.313 e. The Balaban J connectivity index is 1.71. The van der Waals surface area contributed by atoms with E-state index in [4.69, 9.17) is 4.74 Å². The topological polar surface area (TPSA) is 26.3 Å². The molecule has 1 saturated carbocycles. The van der Waals surface area contributed by atoms with E-state index < -0.39 is 0 Å². The van der Waals surface area contributed by atoms with Crippen LogP contribution in [0.2, 0.25) is 0 Å². The van der Waals surface area contributed by atoms with Crippen LogP contribution in [0, 0.1) is 5.92 Å². The molecule has 0 spiro atoms. The minimum Gasteiger partial charge on any atom is -0.461 e. The van der Waals surface area contributed by atoms with Crippen LogP contribution >= 0.6 is 0 Å². The van der Waals surface area contributed by atoms with Gasteiger partial charge in [0.25, 0.3) is 0 Å². The highest BCUT2D eigenvalue weighted by Crippen LogP contribution is 2.31. The zero-order chi connectivity index (χ0) is 12.6. The minimum absolute atomic E-state index is 0.0734. The summed E-state index contributed by atoms with van der Waals surface area (Å²) in [6.07, 6.45) is 17.3. The Kier molecular flexibility index (Phi) is 6.02. The second-order valence-corrected chi connectivity index (χ2v) is 6.05. The quantitative estimate of drug-likeness (QED) is 0.588. The van der Waals surface area contributed by atoms with Crippen molar-refractivity contribution in [1.29, 1.82) is 0 Å². The summed E-state index contributed by atoms with van der Waals surface area (Å²) in [6, 6.07) is 0. The summed E-state index contributed by atoms with van der Waals surface area (Å²) >= 11 is 0. The lowest BCUT2D eigenvalue weighted by atomic mass is 9.87. The minimum atomic E-state index is 0.0734. The molecule has 0 aromatic carbocycles. The fourth-order valence-corrected chi connectivity index (χ4v) is 3.26. The molecule has 18 heavy (non-hydrogen) atoms. The Morgan fingerprint density at radius 3 is 1.61 bits per heavy atom. The van der Waals surface area contributed by atoms with Gasteiger partial charge in [0.1, 0.15) is 6.10 Å². The first-order valence-corrected chi connectivity index (χ1v) is 8.08. The van der Waals surface area contributed by atoms with Gasteiger partial charge >= 0.3 is 5.97 Å². The first-order chi connectivity index (χ1) is 8.88. The normalized spacial score (nSPS) is 32.3. The van der Waals surface area contributed by atoms with Gasteiger partial charge < -0.3 is 4.74 Å². The molecule has 0 N–H and O–H groups in total. The third kappa shape index (κ3) is 4.29. The molecule has 104 valence electrons. The number of hydrogen-bond donors (Lipinski definition) is 0. The van der Waals surface area contributed by atoms with Crippen LogP contribution in [0.15, 0.2) is 0 Å². The standard InChI is InChI=1S/C16H28O2/c17-16-14-12-10-8-6-4-2-1-3-5-7-9-11-13-15(14)18-16/h14-15H,1-13H2/t14-,15+/m1/s1. The highest BCUT2D eigenvalue weighted by molar-refractivity contribution is 5.78. The molecule has 0 aromatic heterocycles. The molecule has 0 aromatic rings. The van der Waals surface area contributed by atoms with Crippen LogP contribution in [-0.2, 0) is 9.53 Å². The molecule has 1 heterocycles. The van der Waals surface area contributed by atoms with Gasteiger partial charge in [0, 0.05) is 0 Å². The highest BCUT2D eigenvalue weighted by atomic mass is 16.6. The van der Waals surface area contributed by atoms with Crippen molar-refractivity contribution in [3.8, 4) is 0 Å². The summed E-state index contributed by atoms with van der Waals surface area (Å²) in [6.45, 7) is 0. The van der Waals surface area contributed by atoms with E-state index in [9.17, 15) is 4.79 Å². The summed E-state index contributed by atoms with van der Waals surface area (Å²) in [7, 11) is 0. The Bertz CT molecular complexity index is 249. The van der Waals surface area contributed by atoms with Gasteiger partial charge in [0.15, 0.2) is 0 Å². The number of carbonyl (C=O) groups excluding carboxylic acids is 1. The molecule has 1 aliphatic heterocycles. The molecule has 2 nitrogen and oxygen atoms in total. The second kappa shape index (κ2) is 7.81. The van der Waals surface area contributed by atoms with Crippen LogP contribution in [0.1, 0.15) is 83.5 Å². The summed E-state index contributed by atoms with van der Waals surface area (Å²) in [5.74, 6) is 0.319. The predicted molar refractivity (Wildman–Crippen MR) is 73.4 cm³/mol. The van der Waals surface area contributed by atoms with E-state index in [1.54, 1.807) is 0 Å². The lowest BCUT2D eigenvalue weighted by Crippen LogP contribution is -2.44. The van der Waals surface area contributed by atoms with Crippen LogP contribution in [-0.4, -0.2) is 12.1 Å². The van der Waals surface area contributed by atoms with Crippen LogP contribution in [0.3, 0.4) is 0 Å². The van der Waals surface area contributed by atoms with Gasteiger partial charge in [0.05, 0.1) is 5.92 Å². The average molecular weight is 252 g/mol. The van der Waals surface area contributed by atoms with Crippen LogP contribution < -0.4 is 0 Å². The van der Waals surface area contributed by atoms with Crippen molar-refractivity contribution >= 4 is 5.97 Å². The molecule has 0 radical (unpaired) electrons. The third-order valence-electron chi connectivity index (χ3n) is 4.52. The number of hydrogen-bond acceptors (Lipinski definition) is 2. The largest absolute Gasteiger partial charge is 0.461 e. The van der Waals surface area contributed by atoms with Crippen molar-refractivity contribution in [1.82, 2.24) is 0 Å². The summed E-state index contributed by atoms with van der Waals surface area (Å²) < 4.78 is 5.29. The highest BCUT2D eigenvalue weighted by Gasteiger charge is 2.40. The van der Waals surface area contributed by atoms with Crippen LogP contribution in [0.4, 0.5) is 0 Å². The van der Waals surface area contributed by atoms with E-state index in [1.165, 1.54) is 70.6 Å². The number of esters is 1. The molecule has 0 amide bonds. The second-order valence-electron chi connectivity index (χ2n) is 6.05. The maximum Gasteiger partial charge on any atom is 0.313 e. The Morgan fingerprint density at radius 1 is 0.667 bits per heavy atom. The van der Waals surface area contributed by atoms with Crippen LogP contribution in [0.5, 0.6) is 0 Å². The van der Waals surface area contributed by atoms with Gasteiger partial charge in [-0.05, 0) is 19.3 Å². The number of carbonyl (C=O) groups is 1. The van der Waals surface area contributed by atoms with E-state index in [2.05, 4.69) is 0 Å². The molecule has 2 aliphatic rings. The Hall–Kier alpha value is -0.530. The molecule has 1 aliphatic carbocycles. The van der Waals surface area contributed by atoms with Crippen molar-refractivity contribution in [3.63, 3.8) is 0 Å². The SMILES string of the molecule is O=C1O[C@H]2CCCCCCCCCCCCC[C@@H]12. The average Bonchev–Trinajstić information content (AvgIpc) is 2.37. The molecular formula is C16H28O2. The van der Waals surface area contributed by atoms with Gasteiger partial charge in [0.2, 0.25) is 0 Å². The fourth-order valence-electron chi connectivity index (χ4n) is 3.26. The van der Waals surface area contributed by atoms with E-state index in [0.29, 0.717) is 0 Å². The maximum atomic E-state index is 11.4. The molecule has 1 saturated heterocycles. The zero-order valence-electron chi connectivity index (χ0n) is 11.7. The van der Waals surface area contributed by atoms with Crippen molar-refractivity contribution < 1.29 is 9.53 Å². The van der Waals surface area contributed by atoms with E-state index in [1.807, 2.05) is 0 Å². The fraction of sp³-hybridized carbons (Fsp3) is 0.938. The number of ether oxygens (including phenoxy) is 1. The molecule has 2 fully saturated rings. The monoisotopic (exact) mass is 252 g/mol. The first-order valence-electron chi connectivity index (χ1n) is 8.08. The van der Waals surface area contributed by atoms with Gasteiger partial charge in [-0.1, -0.05) is 64.2 Å². The molecule has 2 atom stereocenters. The molecular weight excluding hydrogens is 224 g/mol. The van der Waals surface area contributed by atoms with Crippen molar-refractivity contribution in [2.45, 2.75) is 89.6 Å². The molecule has 2 rings (SSSR count). The first kappa shape index (κ1) is 13.9. The summed E-state index contributed by atoms with van der Waals surface area (Å²) in [5.41, 5.74) is 0. The van der Waals surface area contributed by atoms with Gasteiger partial charge in [-0.2, -0.15) is 0 Å². The summed E-state index contributed by atoms with van der Waals surface area (Å²) in [5, 5.41) is 0. The van der Waals surface area contributed by atoms with E-state index in [-0.39, 0.29) is 18.0 Å². The van der Waals surface area contributed by atoms with Crippen molar-refractivity contribution in [3.05, 3.63) is 0 Å². The number of fused-ring (bicyclic) bond motifs is 1. The van der Waals surface area contributed by atoms with E-state index >= 15 is 0 Å². The maximum absolute atomic E-state index is 11.4.